The lowest BCUT2D eigenvalue weighted by atomic mass is 10.2. The molecule has 1 saturated heterocycles. The summed E-state index contributed by atoms with van der Waals surface area (Å²) in [6.45, 7) is 2.04. The van der Waals surface area contributed by atoms with Crippen LogP contribution in [0.25, 0.3) is 0 Å². The molecule has 0 saturated carbocycles. The van der Waals surface area contributed by atoms with E-state index in [1.54, 1.807) is 0 Å². The fraction of sp³-hybridized carbons (Fsp3) is 0.455. The number of carbonyl (C=O) groups is 2. The number of hydrogen-bond donors (Lipinski definition) is 2. The van der Waals surface area contributed by atoms with Crippen molar-refractivity contribution in [3.63, 3.8) is 0 Å². The summed E-state index contributed by atoms with van der Waals surface area (Å²) in [6, 6.07) is 1.43. The minimum absolute atomic E-state index is 0.0362. The Morgan fingerprint density at radius 2 is 2.41 bits per heavy atom. The predicted octanol–water partition coefficient (Wildman–Crippen LogP) is 0.300. The number of nitrogens with zero attached hydrogens (tertiary/aromatic N) is 1. The van der Waals surface area contributed by atoms with Crippen LogP contribution in [0, 0.1) is 0 Å². The Bertz CT molecular complexity index is 427. The van der Waals surface area contributed by atoms with Gasteiger partial charge >= 0.3 is 5.97 Å². The second-order valence-electron chi connectivity index (χ2n) is 3.98. The van der Waals surface area contributed by atoms with Gasteiger partial charge in [0, 0.05) is 13.1 Å². The standard InChI is InChI=1S/C11H14N2O4/c14-10-7-13(4-1-3-12-10)6-9-8(11(15)16)2-5-17-9/h2,5H,1,3-4,6-7H2,(H,12,14)(H,15,16). The van der Waals surface area contributed by atoms with E-state index in [1.165, 1.54) is 12.3 Å². The predicted molar refractivity (Wildman–Crippen MR) is 58.6 cm³/mol. The maximum absolute atomic E-state index is 11.3. The first kappa shape index (κ1) is 11.7. The summed E-state index contributed by atoms with van der Waals surface area (Å²) in [5.74, 6) is -0.647. The highest BCUT2D eigenvalue weighted by molar-refractivity contribution is 5.88. The Morgan fingerprint density at radius 3 is 3.18 bits per heavy atom. The van der Waals surface area contributed by atoms with Crippen LogP contribution < -0.4 is 5.32 Å². The first-order valence-electron chi connectivity index (χ1n) is 5.45. The second-order valence-corrected chi connectivity index (χ2v) is 3.98. The maximum Gasteiger partial charge on any atom is 0.339 e. The zero-order chi connectivity index (χ0) is 12.3. The Kier molecular flexibility index (Phi) is 3.43. The number of aromatic carboxylic acids is 1. The van der Waals surface area contributed by atoms with Crippen LogP contribution in [0.15, 0.2) is 16.7 Å². The van der Waals surface area contributed by atoms with Crippen LogP contribution >= 0.6 is 0 Å². The quantitative estimate of drug-likeness (QED) is 0.791. The molecule has 2 heterocycles. The average molecular weight is 238 g/mol. The van der Waals surface area contributed by atoms with E-state index in [9.17, 15) is 9.59 Å². The SMILES string of the molecule is O=C1CN(Cc2occc2C(=O)O)CCCN1. The van der Waals surface area contributed by atoms with Crippen LogP contribution in [-0.2, 0) is 11.3 Å². The van der Waals surface area contributed by atoms with Crippen molar-refractivity contribution in [1.29, 1.82) is 0 Å². The van der Waals surface area contributed by atoms with Crippen LogP contribution in [0.3, 0.4) is 0 Å². The number of carboxylic acid groups (broad SMARTS) is 1. The number of furan rings is 1. The third-order valence-electron chi connectivity index (χ3n) is 2.68. The van der Waals surface area contributed by atoms with Crippen molar-refractivity contribution >= 4 is 11.9 Å². The molecule has 17 heavy (non-hydrogen) atoms. The Labute approximate surface area is 98.2 Å². The average Bonchev–Trinajstić information content (AvgIpc) is 2.62. The van der Waals surface area contributed by atoms with Crippen molar-refractivity contribution in [2.45, 2.75) is 13.0 Å². The third-order valence-corrected chi connectivity index (χ3v) is 2.68. The molecule has 0 radical (unpaired) electrons. The van der Waals surface area contributed by atoms with E-state index in [4.69, 9.17) is 9.52 Å². The zero-order valence-electron chi connectivity index (χ0n) is 9.31. The molecule has 0 unspecified atom stereocenters. The van der Waals surface area contributed by atoms with Crippen molar-refractivity contribution in [2.24, 2.45) is 0 Å². The van der Waals surface area contributed by atoms with Crippen LogP contribution in [-0.4, -0.2) is 41.5 Å². The largest absolute Gasteiger partial charge is 0.478 e. The van der Waals surface area contributed by atoms with E-state index in [-0.39, 0.29) is 18.0 Å². The first-order valence-corrected chi connectivity index (χ1v) is 5.45. The highest BCUT2D eigenvalue weighted by Gasteiger charge is 2.19. The van der Waals surface area contributed by atoms with Gasteiger partial charge < -0.3 is 14.8 Å². The Morgan fingerprint density at radius 1 is 1.59 bits per heavy atom. The molecule has 6 heteroatoms. The molecule has 2 N–H and O–H groups in total. The number of nitrogens with one attached hydrogen (secondary N) is 1. The maximum atomic E-state index is 11.3. The highest BCUT2D eigenvalue weighted by Crippen LogP contribution is 2.14. The van der Waals surface area contributed by atoms with Gasteiger partial charge in [0.1, 0.15) is 11.3 Å². The lowest BCUT2D eigenvalue weighted by molar-refractivity contribution is -0.121. The van der Waals surface area contributed by atoms with Gasteiger partial charge in [0.15, 0.2) is 0 Å². The molecule has 1 amide bonds. The Balaban J connectivity index is 2.06. The highest BCUT2D eigenvalue weighted by atomic mass is 16.4. The van der Waals surface area contributed by atoms with Crippen molar-refractivity contribution in [1.82, 2.24) is 10.2 Å². The lowest BCUT2D eigenvalue weighted by Gasteiger charge is -2.16. The molecule has 92 valence electrons. The van der Waals surface area contributed by atoms with Gasteiger partial charge in [-0.2, -0.15) is 0 Å². The van der Waals surface area contributed by atoms with E-state index in [2.05, 4.69) is 5.32 Å². The number of carboxylic acids is 1. The summed E-state index contributed by atoms with van der Waals surface area (Å²) in [6.07, 6.45) is 2.21. The smallest absolute Gasteiger partial charge is 0.339 e. The van der Waals surface area contributed by atoms with E-state index in [1.807, 2.05) is 4.90 Å². The summed E-state index contributed by atoms with van der Waals surface area (Å²) in [4.78, 5) is 24.1. The second kappa shape index (κ2) is 5.01. The number of rotatable bonds is 3. The van der Waals surface area contributed by atoms with E-state index >= 15 is 0 Å². The first-order chi connectivity index (χ1) is 8.16. The van der Waals surface area contributed by atoms with Gasteiger partial charge in [-0.05, 0) is 12.5 Å². The summed E-state index contributed by atoms with van der Waals surface area (Å²) < 4.78 is 5.15. The number of amides is 1. The van der Waals surface area contributed by atoms with Crippen molar-refractivity contribution in [2.75, 3.05) is 19.6 Å². The van der Waals surface area contributed by atoms with Crippen molar-refractivity contribution in [3.8, 4) is 0 Å². The van der Waals surface area contributed by atoms with Crippen molar-refractivity contribution in [3.05, 3.63) is 23.7 Å². The molecule has 0 atom stereocenters. The summed E-state index contributed by atoms with van der Waals surface area (Å²) in [7, 11) is 0. The van der Waals surface area contributed by atoms with Gasteiger partial charge in [0.25, 0.3) is 0 Å². The molecule has 0 aromatic carbocycles. The Hall–Kier alpha value is -1.82. The van der Waals surface area contributed by atoms with Crippen molar-refractivity contribution < 1.29 is 19.1 Å². The minimum atomic E-state index is -1.01. The van der Waals surface area contributed by atoms with Gasteiger partial charge in [-0.25, -0.2) is 4.79 Å². The molecular formula is C11H14N2O4. The normalized spacial score (nSPS) is 17.5. The van der Waals surface area contributed by atoms with Gasteiger partial charge in [0.05, 0.1) is 19.4 Å². The monoisotopic (exact) mass is 238 g/mol. The fourth-order valence-corrected chi connectivity index (χ4v) is 1.86. The van der Waals surface area contributed by atoms with E-state index in [0.29, 0.717) is 18.8 Å². The zero-order valence-corrected chi connectivity index (χ0v) is 9.31. The molecule has 6 nitrogen and oxygen atoms in total. The number of carbonyl (C=O) groups excluding carboxylic acids is 1. The van der Waals surface area contributed by atoms with Crippen LogP contribution in [0.2, 0.25) is 0 Å². The van der Waals surface area contributed by atoms with Crippen LogP contribution in [0.5, 0.6) is 0 Å². The van der Waals surface area contributed by atoms with Gasteiger partial charge in [0.2, 0.25) is 5.91 Å². The molecule has 2 rings (SSSR count). The number of hydrogen-bond acceptors (Lipinski definition) is 4. The molecule has 0 bridgehead atoms. The molecule has 1 aliphatic rings. The minimum Gasteiger partial charge on any atom is -0.478 e. The summed E-state index contributed by atoms with van der Waals surface area (Å²) in [5, 5.41) is 11.7. The molecule has 1 aromatic heterocycles. The third kappa shape index (κ3) is 2.85. The van der Waals surface area contributed by atoms with Gasteiger partial charge in [-0.3, -0.25) is 9.69 Å². The van der Waals surface area contributed by atoms with E-state index in [0.717, 1.165) is 13.0 Å². The van der Waals surface area contributed by atoms with E-state index < -0.39 is 5.97 Å². The molecule has 1 aromatic rings. The molecule has 0 spiro atoms. The molecular weight excluding hydrogens is 224 g/mol. The topological polar surface area (TPSA) is 82.8 Å². The molecule has 0 aliphatic carbocycles. The van der Waals surface area contributed by atoms with Gasteiger partial charge in [-0.15, -0.1) is 0 Å². The van der Waals surface area contributed by atoms with Crippen LogP contribution in [0.4, 0.5) is 0 Å². The molecule has 1 aliphatic heterocycles. The summed E-state index contributed by atoms with van der Waals surface area (Å²) >= 11 is 0. The summed E-state index contributed by atoms with van der Waals surface area (Å²) in [5.41, 5.74) is 0.162. The van der Waals surface area contributed by atoms with Crippen LogP contribution in [0.1, 0.15) is 22.5 Å². The fourth-order valence-electron chi connectivity index (χ4n) is 1.86. The lowest BCUT2D eigenvalue weighted by Crippen LogP contribution is -2.32. The van der Waals surface area contributed by atoms with Gasteiger partial charge in [-0.1, -0.05) is 0 Å². The molecule has 1 fully saturated rings.